The number of hydrogen-bond acceptors (Lipinski definition) is 6. The molecule has 0 saturated heterocycles. The topological polar surface area (TPSA) is 93.8 Å². The van der Waals surface area contributed by atoms with Crippen LogP contribution in [0, 0.1) is 6.92 Å². The molecule has 0 spiro atoms. The van der Waals surface area contributed by atoms with Crippen LogP contribution < -0.4 is 11.1 Å². The lowest BCUT2D eigenvalue weighted by Gasteiger charge is -2.07. The first-order chi connectivity index (χ1) is 8.20. The minimum atomic E-state index is 0.158. The highest BCUT2D eigenvalue weighted by atomic mass is 16.1. The molecule has 2 heterocycles. The summed E-state index contributed by atoms with van der Waals surface area (Å²) in [6, 6.07) is 5.43. The molecule has 2 aromatic heterocycles. The maximum absolute atomic E-state index is 10.7. The average molecular weight is 229 g/mol. The Bertz CT molecular complexity index is 518. The van der Waals surface area contributed by atoms with Gasteiger partial charge in [-0.15, -0.1) is 0 Å². The van der Waals surface area contributed by atoms with Crippen LogP contribution in [0.4, 0.5) is 17.6 Å². The van der Waals surface area contributed by atoms with Gasteiger partial charge in [-0.05, 0) is 19.1 Å². The molecule has 0 aliphatic heterocycles. The van der Waals surface area contributed by atoms with E-state index in [4.69, 9.17) is 5.73 Å². The molecule has 17 heavy (non-hydrogen) atoms. The first-order valence-corrected chi connectivity index (χ1v) is 4.98. The third kappa shape index (κ3) is 2.36. The fourth-order valence-corrected chi connectivity index (χ4v) is 1.36. The number of pyridine rings is 1. The number of nitrogens with one attached hydrogen (secondary N) is 1. The highest BCUT2D eigenvalue weighted by Crippen LogP contribution is 2.15. The van der Waals surface area contributed by atoms with E-state index in [0.29, 0.717) is 29.3 Å². The van der Waals surface area contributed by atoms with E-state index in [1.165, 1.54) is 0 Å². The van der Waals surface area contributed by atoms with Gasteiger partial charge in [0.15, 0.2) is 6.29 Å². The van der Waals surface area contributed by atoms with Crippen molar-refractivity contribution in [2.75, 3.05) is 11.1 Å². The molecule has 6 heteroatoms. The standard InChI is InChI=1S/C11H11N5O/c1-7-8(6-17)10(12)16-11(14-7)15-9-4-2-3-5-13-9/h2-6H,1H3,(H3,12,13,14,15,16). The van der Waals surface area contributed by atoms with Crippen LogP contribution in [0.1, 0.15) is 16.1 Å². The van der Waals surface area contributed by atoms with Crippen LogP contribution in [0.15, 0.2) is 24.4 Å². The van der Waals surface area contributed by atoms with E-state index in [9.17, 15) is 4.79 Å². The van der Waals surface area contributed by atoms with Crippen molar-refractivity contribution in [2.45, 2.75) is 6.92 Å². The number of nitrogen functional groups attached to an aromatic ring is 1. The summed E-state index contributed by atoms with van der Waals surface area (Å²) in [6.45, 7) is 1.70. The van der Waals surface area contributed by atoms with Crippen LogP contribution in [-0.2, 0) is 0 Å². The zero-order valence-electron chi connectivity index (χ0n) is 9.21. The van der Waals surface area contributed by atoms with Crippen LogP contribution in [-0.4, -0.2) is 21.2 Å². The van der Waals surface area contributed by atoms with E-state index in [2.05, 4.69) is 20.3 Å². The van der Waals surface area contributed by atoms with Gasteiger partial charge >= 0.3 is 0 Å². The summed E-state index contributed by atoms with van der Waals surface area (Å²) in [6.07, 6.45) is 2.30. The molecule has 0 saturated carbocycles. The largest absolute Gasteiger partial charge is 0.383 e. The molecule has 0 atom stereocenters. The molecule has 0 aliphatic rings. The number of nitrogens with two attached hydrogens (primary N) is 1. The predicted molar refractivity (Wildman–Crippen MR) is 64.1 cm³/mol. The number of carbonyl (C=O) groups is 1. The Kier molecular flexibility index (Phi) is 2.95. The number of aldehydes is 1. The minimum absolute atomic E-state index is 0.158. The summed E-state index contributed by atoms with van der Waals surface area (Å²) in [7, 11) is 0. The van der Waals surface area contributed by atoms with Gasteiger partial charge in [0, 0.05) is 6.20 Å². The summed E-state index contributed by atoms with van der Waals surface area (Å²) >= 11 is 0. The molecular formula is C11H11N5O. The second kappa shape index (κ2) is 4.56. The smallest absolute Gasteiger partial charge is 0.230 e. The summed E-state index contributed by atoms with van der Waals surface area (Å²) in [5.74, 6) is 1.10. The van der Waals surface area contributed by atoms with E-state index in [0.717, 1.165) is 0 Å². The number of carbonyl (C=O) groups excluding carboxylic acids is 1. The highest BCUT2D eigenvalue weighted by Gasteiger charge is 2.08. The molecule has 2 rings (SSSR count). The lowest BCUT2D eigenvalue weighted by Crippen LogP contribution is -2.07. The van der Waals surface area contributed by atoms with Gasteiger partial charge in [0.1, 0.15) is 11.6 Å². The van der Waals surface area contributed by atoms with E-state index in [1.807, 2.05) is 6.07 Å². The molecule has 0 aliphatic carbocycles. The second-order valence-corrected chi connectivity index (χ2v) is 3.39. The quantitative estimate of drug-likeness (QED) is 0.771. The van der Waals surface area contributed by atoms with Gasteiger partial charge in [-0.3, -0.25) is 4.79 Å². The van der Waals surface area contributed by atoms with Crippen molar-refractivity contribution in [3.63, 3.8) is 0 Å². The first kappa shape index (κ1) is 11.0. The third-order valence-electron chi connectivity index (χ3n) is 2.19. The fraction of sp³-hybridized carbons (Fsp3) is 0.0909. The minimum Gasteiger partial charge on any atom is -0.383 e. The Balaban J connectivity index is 2.32. The van der Waals surface area contributed by atoms with Crippen molar-refractivity contribution in [3.8, 4) is 0 Å². The van der Waals surface area contributed by atoms with Crippen LogP contribution in [0.5, 0.6) is 0 Å². The predicted octanol–water partition coefficient (Wildman–Crippen LogP) is 1.32. The summed E-state index contributed by atoms with van der Waals surface area (Å²) in [4.78, 5) is 22.9. The zero-order valence-corrected chi connectivity index (χ0v) is 9.21. The molecule has 6 nitrogen and oxygen atoms in total. The molecule has 0 unspecified atom stereocenters. The maximum atomic E-state index is 10.7. The molecule has 0 aromatic carbocycles. The second-order valence-electron chi connectivity index (χ2n) is 3.39. The van der Waals surface area contributed by atoms with Gasteiger partial charge in [0.25, 0.3) is 0 Å². The highest BCUT2D eigenvalue weighted by molar-refractivity contribution is 5.83. The molecule has 0 radical (unpaired) electrons. The molecular weight excluding hydrogens is 218 g/mol. The number of rotatable bonds is 3. The molecule has 0 amide bonds. The number of aromatic nitrogens is 3. The monoisotopic (exact) mass is 229 g/mol. The van der Waals surface area contributed by atoms with Crippen molar-refractivity contribution in [2.24, 2.45) is 0 Å². The Hall–Kier alpha value is -2.50. The Morgan fingerprint density at radius 3 is 2.76 bits per heavy atom. The van der Waals surface area contributed by atoms with Gasteiger partial charge in [0.05, 0.1) is 11.3 Å². The lowest BCUT2D eigenvalue weighted by molar-refractivity contribution is 0.112. The normalized spacial score (nSPS) is 9.94. The van der Waals surface area contributed by atoms with Crippen molar-refractivity contribution >= 4 is 23.9 Å². The third-order valence-corrected chi connectivity index (χ3v) is 2.19. The van der Waals surface area contributed by atoms with Crippen molar-refractivity contribution in [1.82, 2.24) is 15.0 Å². The van der Waals surface area contributed by atoms with Crippen LogP contribution in [0.25, 0.3) is 0 Å². The number of aryl methyl sites for hydroxylation is 1. The molecule has 0 fully saturated rings. The Labute approximate surface area is 97.9 Å². The maximum Gasteiger partial charge on any atom is 0.230 e. The van der Waals surface area contributed by atoms with Gasteiger partial charge in [-0.1, -0.05) is 6.07 Å². The van der Waals surface area contributed by atoms with Gasteiger partial charge in [-0.2, -0.15) is 4.98 Å². The number of anilines is 3. The molecule has 0 bridgehead atoms. The number of nitrogens with zero attached hydrogens (tertiary/aromatic N) is 3. The van der Waals surface area contributed by atoms with Gasteiger partial charge in [-0.25, -0.2) is 9.97 Å². The van der Waals surface area contributed by atoms with E-state index in [1.54, 1.807) is 25.3 Å². The van der Waals surface area contributed by atoms with Crippen LogP contribution >= 0.6 is 0 Å². The molecule has 3 N–H and O–H groups in total. The van der Waals surface area contributed by atoms with E-state index in [-0.39, 0.29) is 5.82 Å². The SMILES string of the molecule is Cc1nc(Nc2ccccn2)nc(N)c1C=O. The number of hydrogen-bond donors (Lipinski definition) is 2. The Morgan fingerprint density at radius 2 is 2.18 bits per heavy atom. The van der Waals surface area contributed by atoms with Crippen molar-refractivity contribution < 1.29 is 4.79 Å². The van der Waals surface area contributed by atoms with Crippen LogP contribution in [0.2, 0.25) is 0 Å². The van der Waals surface area contributed by atoms with E-state index >= 15 is 0 Å². The summed E-state index contributed by atoms with van der Waals surface area (Å²) in [5, 5.41) is 2.91. The molecule has 86 valence electrons. The van der Waals surface area contributed by atoms with Crippen molar-refractivity contribution in [1.29, 1.82) is 0 Å². The molecule has 2 aromatic rings. The Morgan fingerprint density at radius 1 is 1.35 bits per heavy atom. The van der Waals surface area contributed by atoms with Gasteiger partial charge in [0.2, 0.25) is 5.95 Å². The zero-order chi connectivity index (χ0) is 12.3. The lowest BCUT2D eigenvalue weighted by atomic mass is 10.2. The summed E-state index contributed by atoms with van der Waals surface area (Å²) in [5.41, 5.74) is 6.49. The van der Waals surface area contributed by atoms with Crippen LogP contribution in [0.3, 0.4) is 0 Å². The first-order valence-electron chi connectivity index (χ1n) is 4.98. The van der Waals surface area contributed by atoms with Gasteiger partial charge < -0.3 is 11.1 Å². The summed E-state index contributed by atoms with van der Waals surface area (Å²) < 4.78 is 0. The van der Waals surface area contributed by atoms with Crippen molar-refractivity contribution in [3.05, 3.63) is 35.7 Å². The van der Waals surface area contributed by atoms with E-state index < -0.39 is 0 Å². The fourth-order valence-electron chi connectivity index (χ4n) is 1.36. The average Bonchev–Trinajstić information content (AvgIpc) is 2.30.